The van der Waals surface area contributed by atoms with Crippen LogP contribution in [-0.4, -0.2) is 46.7 Å². The van der Waals surface area contributed by atoms with Crippen molar-refractivity contribution >= 4 is 5.91 Å². The minimum Gasteiger partial charge on any atom is -0.389 e. The number of aliphatic hydroxyl groups is 1. The van der Waals surface area contributed by atoms with Crippen LogP contribution in [0.4, 0.5) is 0 Å². The maximum absolute atomic E-state index is 11.7. The van der Waals surface area contributed by atoms with Gasteiger partial charge in [0.05, 0.1) is 12.7 Å². The normalized spacial score (nSPS) is 12.7. The van der Waals surface area contributed by atoms with Crippen LogP contribution in [0.2, 0.25) is 0 Å². The Morgan fingerprint density at radius 1 is 1.56 bits per heavy atom. The van der Waals surface area contributed by atoms with Crippen LogP contribution >= 0.6 is 0 Å². The molecule has 1 aromatic heterocycles. The van der Waals surface area contributed by atoms with Gasteiger partial charge in [-0.15, -0.1) is 0 Å². The van der Waals surface area contributed by atoms with Crippen molar-refractivity contribution in [2.24, 2.45) is 13.0 Å². The zero-order valence-electron chi connectivity index (χ0n) is 11.1. The highest BCUT2D eigenvalue weighted by Gasteiger charge is 2.12. The van der Waals surface area contributed by atoms with Crippen LogP contribution in [0.5, 0.6) is 0 Å². The van der Waals surface area contributed by atoms with Crippen molar-refractivity contribution in [3.05, 3.63) is 18.0 Å². The van der Waals surface area contributed by atoms with Crippen molar-refractivity contribution in [1.82, 2.24) is 15.1 Å². The summed E-state index contributed by atoms with van der Waals surface area (Å²) in [5, 5.41) is 16.2. The van der Waals surface area contributed by atoms with Crippen LogP contribution in [0.25, 0.3) is 0 Å². The lowest BCUT2D eigenvalue weighted by molar-refractivity contribution is 0.0258. The predicted octanol–water partition coefficient (Wildman–Crippen LogP) is 0.183. The second kappa shape index (κ2) is 7.13. The number of aryl methyl sites for hydroxylation is 1. The van der Waals surface area contributed by atoms with Gasteiger partial charge in [-0.3, -0.25) is 9.48 Å². The van der Waals surface area contributed by atoms with E-state index in [0.29, 0.717) is 18.2 Å². The Morgan fingerprint density at radius 3 is 2.83 bits per heavy atom. The van der Waals surface area contributed by atoms with Crippen LogP contribution in [0, 0.1) is 5.92 Å². The van der Waals surface area contributed by atoms with Crippen molar-refractivity contribution in [1.29, 1.82) is 0 Å². The molecule has 6 heteroatoms. The second-order valence-electron chi connectivity index (χ2n) is 4.64. The van der Waals surface area contributed by atoms with E-state index in [1.807, 2.05) is 13.8 Å². The summed E-state index contributed by atoms with van der Waals surface area (Å²) in [6.07, 6.45) is 0.859. The van der Waals surface area contributed by atoms with Gasteiger partial charge in [-0.1, -0.05) is 13.8 Å². The van der Waals surface area contributed by atoms with Gasteiger partial charge in [0.2, 0.25) is 0 Å². The number of aromatic nitrogens is 2. The van der Waals surface area contributed by atoms with E-state index in [-0.39, 0.29) is 19.1 Å². The van der Waals surface area contributed by atoms with Gasteiger partial charge >= 0.3 is 0 Å². The van der Waals surface area contributed by atoms with Crippen LogP contribution < -0.4 is 5.32 Å². The summed E-state index contributed by atoms with van der Waals surface area (Å²) < 4.78 is 6.77. The van der Waals surface area contributed by atoms with Crippen LogP contribution in [0.15, 0.2) is 12.3 Å². The van der Waals surface area contributed by atoms with E-state index < -0.39 is 6.10 Å². The molecular weight excluding hydrogens is 234 g/mol. The molecule has 0 bridgehead atoms. The van der Waals surface area contributed by atoms with Crippen molar-refractivity contribution in [2.75, 3.05) is 19.8 Å². The highest BCUT2D eigenvalue weighted by molar-refractivity contribution is 5.92. The van der Waals surface area contributed by atoms with Gasteiger partial charge in [-0.25, -0.2) is 0 Å². The topological polar surface area (TPSA) is 76.4 Å². The van der Waals surface area contributed by atoms with E-state index in [1.165, 1.54) is 4.68 Å². The maximum atomic E-state index is 11.7. The third-order valence-corrected chi connectivity index (χ3v) is 2.31. The predicted molar refractivity (Wildman–Crippen MR) is 67.2 cm³/mol. The molecule has 1 atom stereocenters. The number of amides is 1. The Hall–Kier alpha value is -1.40. The molecule has 0 aliphatic rings. The van der Waals surface area contributed by atoms with E-state index in [4.69, 9.17) is 4.74 Å². The monoisotopic (exact) mass is 255 g/mol. The third-order valence-electron chi connectivity index (χ3n) is 2.31. The molecule has 1 heterocycles. The minimum atomic E-state index is -0.694. The number of carbonyl (C=O) groups is 1. The van der Waals surface area contributed by atoms with Crippen molar-refractivity contribution in [2.45, 2.75) is 20.0 Å². The van der Waals surface area contributed by atoms with Crippen LogP contribution in [-0.2, 0) is 11.8 Å². The molecule has 0 aliphatic carbocycles. The van der Waals surface area contributed by atoms with E-state index in [0.717, 1.165) is 0 Å². The quantitative estimate of drug-likeness (QED) is 0.729. The molecule has 102 valence electrons. The molecule has 0 aromatic carbocycles. The first-order valence-electron chi connectivity index (χ1n) is 6.02. The second-order valence-corrected chi connectivity index (χ2v) is 4.64. The number of hydrogen-bond acceptors (Lipinski definition) is 4. The van der Waals surface area contributed by atoms with Gasteiger partial charge in [0.25, 0.3) is 5.91 Å². The number of rotatable bonds is 7. The van der Waals surface area contributed by atoms with Crippen LogP contribution in [0.3, 0.4) is 0 Å². The Labute approximate surface area is 107 Å². The van der Waals surface area contributed by atoms with Crippen molar-refractivity contribution in [3.63, 3.8) is 0 Å². The molecule has 0 saturated heterocycles. The summed E-state index contributed by atoms with van der Waals surface area (Å²) in [7, 11) is 1.69. The van der Waals surface area contributed by atoms with Gasteiger partial charge in [-0.05, 0) is 12.0 Å². The number of nitrogens with one attached hydrogen (secondary N) is 1. The molecular formula is C12H21N3O3. The zero-order valence-corrected chi connectivity index (χ0v) is 11.1. The number of aliphatic hydroxyl groups excluding tert-OH is 1. The van der Waals surface area contributed by atoms with E-state index in [2.05, 4.69) is 10.4 Å². The molecule has 1 unspecified atom stereocenters. The average molecular weight is 255 g/mol. The molecule has 1 aromatic rings. The summed E-state index contributed by atoms with van der Waals surface area (Å²) >= 11 is 0. The first-order chi connectivity index (χ1) is 8.50. The fraction of sp³-hybridized carbons (Fsp3) is 0.667. The number of hydrogen-bond donors (Lipinski definition) is 2. The fourth-order valence-corrected chi connectivity index (χ4v) is 1.40. The molecule has 0 fully saturated rings. The summed E-state index contributed by atoms with van der Waals surface area (Å²) in [6.45, 7) is 5.08. The molecule has 0 saturated carbocycles. The lowest BCUT2D eigenvalue weighted by atomic mass is 10.2. The average Bonchev–Trinajstić information content (AvgIpc) is 2.72. The first-order valence-corrected chi connectivity index (χ1v) is 6.02. The van der Waals surface area contributed by atoms with E-state index in [9.17, 15) is 9.90 Å². The highest BCUT2D eigenvalue weighted by Crippen LogP contribution is 1.97. The zero-order chi connectivity index (χ0) is 13.5. The van der Waals surface area contributed by atoms with Gasteiger partial charge in [0, 0.05) is 26.4 Å². The molecule has 1 amide bonds. The first kappa shape index (κ1) is 14.7. The molecule has 0 spiro atoms. The molecule has 1 rings (SSSR count). The van der Waals surface area contributed by atoms with E-state index >= 15 is 0 Å². The third kappa shape index (κ3) is 4.85. The summed E-state index contributed by atoms with van der Waals surface area (Å²) in [5.74, 6) is 0.180. The largest absolute Gasteiger partial charge is 0.389 e. The molecule has 2 N–H and O–H groups in total. The summed E-state index contributed by atoms with van der Waals surface area (Å²) in [6, 6.07) is 1.62. The smallest absolute Gasteiger partial charge is 0.269 e. The number of nitrogens with zero attached hydrogens (tertiary/aromatic N) is 2. The lowest BCUT2D eigenvalue weighted by Crippen LogP contribution is -2.35. The number of ether oxygens (including phenoxy) is 1. The van der Waals surface area contributed by atoms with E-state index in [1.54, 1.807) is 19.3 Å². The van der Waals surface area contributed by atoms with Crippen molar-refractivity contribution in [3.8, 4) is 0 Å². The maximum Gasteiger partial charge on any atom is 0.269 e. The fourth-order valence-electron chi connectivity index (χ4n) is 1.40. The number of carbonyl (C=O) groups excluding carboxylic acids is 1. The molecule has 6 nitrogen and oxygen atoms in total. The SMILES string of the molecule is CC(C)COCC(O)CNC(=O)c1ccnn1C. The molecule has 0 radical (unpaired) electrons. The van der Waals surface area contributed by atoms with Gasteiger partial charge in [0.1, 0.15) is 5.69 Å². The standard InChI is InChI=1S/C12H21N3O3/c1-9(2)7-18-8-10(16)6-13-12(17)11-4-5-14-15(11)3/h4-5,9-10,16H,6-8H2,1-3H3,(H,13,17). The Bertz CT molecular complexity index is 376. The highest BCUT2D eigenvalue weighted by atomic mass is 16.5. The van der Waals surface area contributed by atoms with Crippen molar-refractivity contribution < 1.29 is 14.6 Å². The Kier molecular flexibility index (Phi) is 5.80. The molecule has 18 heavy (non-hydrogen) atoms. The summed E-state index contributed by atoms with van der Waals surface area (Å²) in [5.41, 5.74) is 0.463. The van der Waals surface area contributed by atoms with Gasteiger partial charge in [-0.2, -0.15) is 5.10 Å². The van der Waals surface area contributed by atoms with Gasteiger partial charge < -0.3 is 15.2 Å². The Balaban J connectivity index is 2.24. The van der Waals surface area contributed by atoms with Gasteiger partial charge in [0.15, 0.2) is 0 Å². The minimum absolute atomic E-state index is 0.169. The molecule has 0 aliphatic heterocycles. The lowest BCUT2D eigenvalue weighted by Gasteiger charge is -2.13. The van der Waals surface area contributed by atoms with Crippen LogP contribution in [0.1, 0.15) is 24.3 Å². The summed E-state index contributed by atoms with van der Waals surface area (Å²) in [4.78, 5) is 11.7. The Morgan fingerprint density at radius 2 is 2.28 bits per heavy atom.